The van der Waals surface area contributed by atoms with Crippen molar-refractivity contribution >= 4 is 11.8 Å². The van der Waals surface area contributed by atoms with Crippen LogP contribution in [-0.4, -0.2) is 36.1 Å². The lowest BCUT2D eigenvalue weighted by Crippen LogP contribution is -2.40. The highest BCUT2D eigenvalue weighted by molar-refractivity contribution is 5.81. The number of carbonyl (C=O) groups is 1. The first-order chi connectivity index (χ1) is 7.47. The molecule has 0 saturated heterocycles. The molecule has 1 amide bonds. The molecule has 0 fully saturated rings. The highest BCUT2D eigenvalue weighted by Crippen LogP contribution is 2.02. The molecule has 0 bridgehead atoms. The van der Waals surface area contributed by atoms with Crippen LogP contribution in [0.2, 0.25) is 0 Å². The lowest BCUT2D eigenvalue weighted by molar-refractivity contribution is 0.101. The number of carboxylic acid groups (broad SMARTS) is 1. The number of hydrogen-bond donors (Lipinski definition) is 3. The fourth-order valence-electron chi connectivity index (χ4n) is 1.04. The third-order valence-electron chi connectivity index (χ3n) is 2.09. The molecular weight excluding hydrogens is 210 g/mol. The van der Waals surface area contributed by atoms with Crippen molar-refractivity contribution in [2.24, 2.45) is 16.8 Å². The lowest BCUT2D eigenvalue weighted by Gasteiger charge is -2.19. The minimum atomic E-state index is -1.05. The Morgan fingerprint density at radius 2 is 2.19 bits per heavy atom. The van der Waals surface area contributed by atoms with E-state index in [1.54, 1.807) is 0 Å². The summed E-state index contributed by atoms with van der Waals surface area (Å²) in [4.78, 5) is 15.6. The van der Waals surface area contributed by atoms with Gasteiger partial charge in [-0.3, -0.25) is 0 Å². The van der Waals surface area contributed by atoms with E-state index in [0.29, 0.717) is 13.0 Å². The van der Waals surface area contributed by atoms with Gasteiger partial charge < -0.3 is 21.0 Å². The second-order valence-electron chi connectivity index (χ2n) is 3.96. The molecule has 0 aromatic carbocycles. The van der Waals surface area contributed by atoms with Crippen LogP contribution in [0.5, 0.6) is 0 Å². The van der Waals surface area contributed by atoms with Crippen LogP contribution < -0.4 is 11.1 Å². The highest BCUT2D eigenvalue weighted by Gasteiger charge is 2.16. The number of nitrogens with zero attached hydrogens (tertiary/aromatic N) is 1. The van der Waals surface area contributed by atoms with E-state index in [9.17, 15) is 4.79 Å². The standard InChI is InChI=1S/C10H21N3O3/c1-7(2)9(12-10(14)15)6-16-13-8(3)4-5-11/h7,9,12H,4-6,11H2,1-3H3,(H,14,15)/b13-8-/t9-/m0/s1. The van der Waals surface area contributed by atoms with Crippen molar-refractivity contribution in [3.63, 3.8) is 0 Å². The zero-order valence-corrected chi connectivity index (χ0v) is 10.1. The zero-order chi connectivity index (χ0) is 12.6. The minimum absolute atomic E-state index is 0.154. The Bertz CT molecular complexity index is 241. The van der Waals surface area contributed by atoms with Crippen molar-refractivity contribution in [2.75, 3.05) is 13.2 Å². The average Bonchev–Trinajstić information content (AvgIpc) is 2.15. The summed E-state index contributed by atoms with van der Waals surface area (Å²) in [5.41, 5.74) is 6.15. The molecule has 16 heavy (non-hydrogen) atoms. The van der Waals surface area contributed by atoms with Crippen molar-refractivity contribution in [1.29, 1.82) is 0 Å². The van der Waals surface area contributed by atoms with E-state index >= 15 is 0 Å². The molecular formula is C10H21N3O3. The summed E-state index contributed by atoms with van der Waals surface area (Å²) in [5, 5.41) is 14.8. The van der Waals surface area contributed by atoms with Crippen molar-refractivity contribution in [3.8, 4) is 0 Å². The maximum absolute atomic E-state index is 10.5. The van der Waals surface area contributed by atoms with E-state index in [1.807, 2.05) is 20.8 Å². The van der Waals surface area contributed by atoms with Crippen molar-refractivity contribution < 1.29 is 14.7 Å². The molecule has 6 heteroatoms. The molecule has 94 valence electrons. The first-order valence-electron chi connectivity index (χ1n) is 5.32. The lowest BCUT2D eigenvalue weighted by atomic mass is 10.1. The molecule has 0 rings (SSSR count). The normalized spacial score (nSPS) is 13.7. The van der Waals surface area contributed by atoms with E-state index < -0.39 is 6.09 Å². The fraction of sp³-hybridized carbons (Fsp3) is 0.800. The van der Waals surface area contributed by atoms with E-state index in [4.69, 9.17) is 15.7 Å². The summed E-state index contributed by atoms with van der Waals surface area (Å²) in [5.74, 6) is 0.154. The molecule has 0 saturated carbocycles. The molecule has 0 heterocycles. The van der Waals surface area contributed by atoms with Crippen LogP contribution in [-0.2, 0) is 4.84 Å². The average molecular weight is 231 g/mol. The summed E-state index contributed by atoms with van der Waals surface area (Å²) < 4.78 is 0. The fourth-order valence-corrected chi connectivity index (χ4v) is 1.04. The summed E-state index contributed by atoms with van der Waals surface area (Å²) in [6.45, 7) is 6.41. The number of oxime groups is 1. The molecule has 0 aliphatic rings. The van der Waals surface area contributed by atoms with Crippen LogP contribution in [0.3, 0.4) is 0 Å². The zero-order valence-electron chi connectivity index (χ0n) is 10.1. The Morgan fingerprint density at radius 3 is 2.62 bits per heavy atom. The minimum Gasteiger partial charge on any atom is -0.465 e. The predicted octanol–water partition coefficient (Wildman–Crippen LogP) is 1.02. The van der Waals surface area contributed by atoms with Crippen LogP contribution in [0.1, 0.15) is 27.2 Å². The Hall–Kier alpha value is -1.30. The quantitative estimate of drug-likeness (QED) is 0.450. The van der Waals surface area contributed by atoms with Gasteiger partial charge in [0.2, 0.25) is 0 Å². The predicted molar refractivity (Wildman–Crippen MR) is 62.5 cm³/mol. The van der Waals surface area contributed by atoms with Gasteiger partial charge in [-0.15, -0.1) is 0 Å². The summed E-state index contributed by atoms with van der Waals surface area (Å²) in [6, 6.07) is -0.257. The molecule has 0 spiro atoms. The SMILES string of the molecule is C/C(CCN)=N/OC[C@H](NC(=O)O)C(C)C. The van der Waals surface area contributed by atoms with Crippen LogP contribution >= 0.6 is 0 Å². The third kappa shape index (κ3) is 7.05. The second kappa shape index (κ2) is 7.92. The van der Waals surface area contributed by atoms with Gasteiger partial charge in [0.1, 0.15) is 6.61 Å². The van der Waals surface area contributed by atoms with Crippen LogP contribution in [0, 0.1) is 5.92 Å². The Balaban J connectivity index is 4.02. The van der Waals surface area contributed by atoms with E-state index in [1.165, 1.54) is 0 Å². The van der Waals surface area contributed by atoms with Gasteiger partial charge in [0.05, 0.1) is 11.8 Å². The Kier molecular flexibility index (Phi) is 7.28. The first kappa shape index (κ1) is 14.7. The van der Waals surface area contributed by atoms with Crippen molar-refractivity contribution in [1.82, 2.24) is 5.32 Å². The van der Waals surface area contributed by atoms with E-state index in [2.05, 4.69) is 10.5 Å². The largest absolute Gasteiger partial charge is 0.465 e. The molecule has 0 unspecified atom stereocenters. The third-order valence-corrected chi connectivity index (χ3v) is 2.09. The number of amides is 1. The molecule has 0 aliphatic heterocycles. The van der Waals surface area contributed by atoms with Gasteiger partial charge in [-0.25, -0.2) is 4.79 Å². The summed E-state index contributed by atoms with van der Waals surface area (Å²) in [7, 11) is 0. The van der Waals surface area contributed by atoms with Crippen LogP contribution in [0.4, 0.5) is 4.79 Å². The Morgan fingerprint density at radius 1 is 1.56 bits per heavy atom. The van der Waals surface area contributed by atoms with Gasteiger partial charge in [0.25, 0.3) is 0 Å². The van der Waals surface area contributed by atoms with Crippen LogP contribution in [0.25, 0.3) is 0 Å². The monoisotopic (exact) mass is 231 g/mol. The van der Waals surface area contributed by atoms with Gasteiger partial charge in [0, 0.05) is 6.42 Å². The van der Waals surface area contributed by atoms with Gasteiger partial charge >= 0.3 is 6.09 Å². The molecule has 0 aromatic heterocycles. The maximum Gasteiger partial charge on any atom is 0.405 e. The summed E-state index contributed by atoms with van der Waals surface area (Å²) in [6.07, 6.45) is -0.372. The van der Waals surface area contributed by atoms with Crippen molar-refractivity contribution in [2.45, 2.75) is 33.2 Å². The van der Waals surface area contributed by atoms with Crippen molar-refractivity contribution in [3.05, 3.63) is 0 Å². The molecule has 0 radical (unpaired) electrons. The van der Waals surface area contributed by atoms with Gasteiger partial charge in [-0.05, 0) is 19.4 Å². The second-order valence-corrected chi connectivity index (χ2v) is 3.96. The van der Waals surface area contributed by atoms with Gasteiger partial charge in [0.15, 0.2) is 0 Å². The molecule has 1 atom stereocenters. The van der Waals surface area contributed by atoms with E-state index in [-0.39, 0.29) is 18.6 Å². The van der Waals surface area contributed by atoms with Gasteiger partial charge in [-0.2, -0.15) is 0 Å². The number of hydrogen-bond acceptors (Lipinski definition) is 4. The number of rotatable bonds is 7. The first-order valence-corrected chi connectivity index (χ1v) is 5.32. The highest BCUT2D eigenvalue weighted by atomic mass is 16.6. The summed E-state index contributed by atoms with van der Waals surface area (Å²) >= 11 is 0. The number of nitrogens with two attached hydrogens (primary N) is 1. The molecule has 0 aromatic rings. The van der Waals surface area contributed by atoms with Gasteiger partial charge in [-0.1, -0.05) is 19.0 Å². The smallest absolute Gasteiger partial charge is 0.405 e. The topological polar surface area (TPSA) is 96.9 Å². The molecule has 6 nitrogen and oxygen atoms in total. The van der Waals surface area contributed by atoms with Crippen LogP contribution in [0.15, 0.2) is 5.16 Å². The van der Waals surface area contributed by atoms with E-state index in [0.717, 1.165) is 5.71 Å². The molecule has 0 aliphatic carbocycles. The Labute approximate surface area is 95.8 Å². The maximum atomic E-state index is 10.5. The molecule has 4 N–H and O–H groups in total. The number of nitrogens with one attached hydrogen (secondary N) is 1.